The van der Waals surface area contributed by atoms with Crippen molar-refractivity contribution in [2.75, 3.05) is 10.6 Å². The van der Waals surface area contributed by atoms with Crippen LogP contribution in [0.25, 0.3) is 11.3 Å². The zero-order valence-electron chi connectivity index (χ0n) is 12.8. The Morgan fingerprint density at radius 2 is 1.81 bits per heavy atom. The van der Waals surface area contributed by atoms with Gasteiger partial charge in [0.15, 0.2) is 5.13 Å². The van der Waals surface area contributed by atoms with Crippen LogP contribution in [0.2, 0.25) is 0 Å². The molecule has 26 heavy (non-hydrogen) atoms. The zero-order valence-corrected chi connectivity index (χ0v) is 13.7. The lowest BCUT2D eigenvalue weighted by atomic mass is 10.2. The molecule has 0 spiro atoms. The predicted molar refractivity (Wildman–Crippen MR) is 89.4 cm³/mol. The number of hydrogen-bond donors (Lipinski definition) is 2. The van der Waals surface area contributed by atoms with Crippen molar-refractivity contribution in [3.63, 3.8) is 0 Å². The Morgan fingerprint density at radius 1 is 1.08 bits per heavy atom. The van der Waals surface area contributed by atoms with Crippen molar-refractivity contribution in [2.24, 2.45) is 0 Å². The molecular formula is C16H10F4N4OS. The fourth-order valence-corrected chi connectivity index (χ4v) is 2.78. The number of rotatable bonds is 3. The third kappa shape index (κ3) is 4.14. The van der Waals surface area contributed by atoms with Crippen molar-refractivity contribution in [3.8, 4) is 11.3 Å². The van der Waals surface area contributed by atoms with E-state index in [1.807, 2.05) is 0 Å². The van der Waals surface area contributed by atoms with Crippen molar-refractivity contribution in [1.82, 2.24) is 9.97 Å². The van der Waals surface area contributed by atoms with E-state index in [1.165, 1.54) is 0 Å². The SMILES string of the molecule is O=C(Nc1ccc(F)c(C(F)(F)F)c1)Nc1nc(-c2ccncc2)cs1. The van der Waals surface area contributed by atoms with Crippen LogP contribution in [0.15, 0.2) is 48.1 Å². The first-order chi connectivity index (χ1) is 12.3. The van der Waals surface area contributed by atoms with Crippen molar-refractivity contribution in [2.45, 2.75) is 6.18 Å². The zero-order chi connectivity index (χ0) is 18.7. The van der Waals surface area contributed by atoms with Gasteiger partial charge in [-0.05, 0) is 30.3 Å². The summed E-state index contributed by atoms with van der Waals surface area (Å²) < 4.78 is 51.3. The molecular weight excluding hydrogens is 372 g/mol. The van der Waals surface area contributed by atoms with Gasteiger partial charge < -0.3 is 5.32 Å². The van der Waals surface area contributed by atoms with E-state index >= 15 is 0 Å². The van der Waals surface area contributed by atoms with E-state index in [4.69, 9.17) is 0 Å². The first-order valence-electron chi connectivity index (χ1n) is 7.13. The number of benzene rings is 1. The van der Waals surface area contributed by atoms with Gasteiger partial charge in [0.2, 0.25) is 0 Å². The molecule has 10 heteroatoms. The smallest absolute Gasteiger partial charge is 0.308 e. The molecule has 0 unspecified atom stereocenters. The number of pyridine rings is 1. The highest BCUT2D eigenvalue weighted by atomic mass is 32.1. The van der Waals surface area contributed by atoms with Gasteiger partial charge in [0, 0.05) is 29.0 Å². The fourth-order valence-electron chi connectivity index (χ4n) is 2.07. The molecule has 2 aromatic heterocycles. The Kier molecular flexibility index (Phi) is 4.85. The van der Waals surface area contributed by atoms with E-state index in [9.17, 15) is 22.4 Å². The second-order valence-electron chi connectivity index (χ2n) is 5.05. The summed E-state index contributed by atoms with van der Waals surface area (Å²) in [5.41, 5.74) is -0.224. The van der Waals surface area contributed by atoms with E-state index in [1.54, 1.807) is 29.9 Å². The molecule has 134 valence electrons. The van der Waals surface area contributed by atoms with Crippen LogP contribution < -0.4 is 10.6 Å². The Morgan fingerprint density at radius 3 is 2.50 bits per heavy atom. The maximum absolute atomic E-state index is 13.3. The number of halogens is 4. The van der Waals surface area contributed by atoms with Gasteiger partial charge in [-0.25, -0.2) is 14.2 Å². The average Bonchev–Trinajstić information content (AvgIpc) is 3.05. The van der Waals surface area contributed by atoms with Crippen LogP contribution in [0.3, 0.4) is 0 Å². The molecule has 1 aromatic carbocycles. The van der Waals surface area contributed by atoms with E-state index in [2.05, 4.69) is 20.6 Å². The Labute approximate surface area is 148 Å². The summed E-state index contributed by atoms with van der Waals surface area (Å²) in [5.74, 6) is -1.41. The second kappa shape index (κ2) is 7.08. The Hall–Kier alpha value is -3.01. The molecule has 0 aliphatic rings. The largest absolute Gasteiger partial charge is 0.419 e. The highest BCUT2D eigenvalue weighted by molar-refractivity contribution is 7.14. The van der Waals surface area contributed by atoms with Gasteiger partial charge in [0.05, 0.1) is 11.3 Å². The minimum atomic E-state index is -4.85. The van der Waals surface area contributed by atoms with E-state index in [-0.39, 0.29) is 10.8 Å². The number of carbonyl (C=O) groups excluding carboxylic acids is 1. The highest BCUT2D eigenvalue weighted by Crippen LogP contribution is 2.33. The summed E-state index contributed by atoms with van der Waals surface area (Å²) in [7, 11) is 0. The molecule has 0 fully saturated rings. The molecule has 3 aromatic rings. The lowest BCUT2D eigenvalue weighted by Gasteiger charge is -2.11. The van der Waals surface area contributed by atoms with Gasteiger partial charge in [-0.1, -0.05) is 0 Å². The van der Waals surface area contributed by atoms with Crippen LogP contribution in [0.4, 0.5) is 33.2 Å². The number of thiazole rings is 1. The van der Waals surface area contributed by atoms with Crippen molar-refractivity contribution in [1.29, 1.82) is 0 Å². The van der Waals surface area contributed by atoms with E-state index in [0.717, 1.165) is 23.0 Å². The molecule has 3 rings (SSSR count). The number of amides is 2. The Bertz CT molecular complexity index is 927. The average molecular weight is 382 g/mol. The number of aromatic nitrogens is 2. The summed E-state index contributed by atoms with van der Waals surface area (Å²) in [6.07, 6.45) is -1.66. The molecule has 0 radical (unpaired) electrons. The summed E-state index contributed by atoms with van der Waals surface area (Å²) in [6, 6.07) is 4.91. The van der Waals surface area contributed by atoms with Crippen LogP contribution in [-0.2, 0) is 6.18 Å². The summed E-state index contributed by atoms with van der Waals surface area (Å²) in [4.78, 5) is 20.0. The first-order valence-corrected chi connectivity index (χ1v) is 8.01. The van der Waals surface area contributed by atoms with Crippen LogP contribution in [0.5, 0.6) is 0 Å². The highest BCUT2D eigenvalue weighted by Gasteiger charge is 2.34. The quantitative estimate of drug-likeness (QED) is 0.626. The molecule has 2 amide bonds. The molecule has 0 saturated heterocycles. The van der Waals surface area contributed by atoms with Gasteiger partial charge in [-0.2, -0.15) is 13.2 Å². The maximum atomic E-state index is 13.3. The van der Waals surface area contributed by atoms with Crippen molar-refractivity contribution < 1.29 is 22.4 Å². The van der Waals surface area contributed by atoms with Crippen LogP contribution in [-0.4, -0.2) is 16.0 Å². The number of alkyl halides is 3. The van der Waals surface area contributed by atoms with Crippen LogP contribution in [0.1, 0.15) is 5.56 Å². The fraction of sp³-hybridized carbons (Fsp3) is 0.0625. The number of carbonyl (C=O) groups is 1. The van der Waals surface area contributed by atoms with Gasteiger partial charge >= 0.3 is 12.2 Å². The third-order valence-electron chi connectivity index (χ3n) is 3.23. The molecule has 0 bridgehead atoms. The molecule has 0 atom stereocenters. The third-order valence-corrected chi connectivity index (χ3v) is 3.99. The van der Waals surface area contributed by atoms with Crippen molar-refractivity contribution >= 4 is 28.2 Å². The standard InChI is InChI=1S/C16H10F4N4OS/c17-12-2-1-10(7-11(12)16(18,19)20)22-14(25)24-15-23-13(8-26-15)9-3-5-21-6-4-9/h1-8H,(H2,22,23,24,25). The number of nitrogens with zero attached hydrogens (tertiary/aromatic N) is 2. The molecule has 2 N–H and O–H groups in total. The number of nitrogens with one attached hydrogen (secondary N) is 2. The lowest BCUT2D eigenvalue weighted by molar-refractivity contribution is -0.139. The molecule has 0 aliphatic carbocycles. The monoisotopic (exact) mass is 382 g/mol. The second-order valence-corrected chi connectivity index (χ2v) is 5.90. The number of anilines is 2. The maximum Gasteiger partial charge on any atom is 0.419 e. The predicted octanol–water partition coefficient (Wildman–Crippen LogP) is 5.01. The Balaban J connectivity index is 1.69. The van der Waals surface area contributed by atoms with Crippen molar-refractivity contribution in [3.05, 3.63) is 59.5 Å². The van der Waals surface area contributed by atoms with Gasteiger partial charge in [-0.15, -0.1) is 11.3 Å². The minimum absolute atomic E-state index is 0.192. The summed E-state index contributed by atoms with van der Waals surface area (Å²) in [5, 5.41) is 6.61. The van der Waals surface area contributed by atoms with Gasteiger partial charge in [0.1, 0.15) is 5.82 Å². The summed E-state index contributed by atoms with van der Waals surface area (Å²) >= 11 is 1.15. The number of urea groups is 1. The van der Waals surface area contributed by atoms with Gasteiger partial charge in [-0.3, -0.25) is 10.3 Å². The molecule has 0 saturated carbocycles. The number of hydrogen-bond acceptors (Lipinski definition) is 4. The first kappa shape index (κ1) is 17.8. The summed E-state index contributed by atoms with van der Waals surface area (Å²) in [6.45, 7) is 0. The minimum Gasteiger partial charge on any atom is -0.308 e. The molecule has 5 nitrogen and oxygen atoms in total. The lowest BCUT2D eigenvalue weighted by Crippen LogP contribution is -2.20. The van der Waals surface area contributed by atoms with Crippen LogP contribution >= 0.6 is 11.3 Å². The van der Waals surface area contributed by atoms with Gasteiger partial charge in [0.25, 0.3) is 0 Å². The molecule has 2 heterocycles. The van der Waals surface area contributed by atoms with E-state index < -0.39 is 23.6 Å². The normalized spacial score (nSPS) is 11.2. The molecule has 0 aliphatic heterocycles. The van der Waals surface area contributed by atoms with E-state index in [0.29, 0.717) is 17.8 Å². The topological polar surface area (TPSA) is 66.9 Å². The van der Waals surface area contributed by atoms with Crippen LogP contribution in [0, 0.1) is 5.82 Å².